The minimum Gasteiger partial charge on any atom is -0.333 e. The Hall–Kier alpha value is -1.06. The summed E-state index contributed by atoms with van der Waals surface area (Å²) in [6, 6.07) is 7.85. The van der Waals surface area contributed by atoms with E-state index in [1.54, 1.807) is 0 Å². The van der Waals surface area contributed by atoms with Crippen molar-refractivity contribution in [3.8, 4) is 0 Å². The van der Waals surface area contributed by atoms with Gasteiger partial charge in [0.15, 0.2) is 0 Å². The van der Waals surface area contributed by atoms with Crippen LogP contribution < -0.4 is 5.73 Å². The van der Waals surface area contributed by atoms with E-state index in [1.807, 2.05) is 24.0 Å². The van der Waals surface area contributed by atoms with Gasteiger partial charge in [-0.25, -0.2) is 0 Å². The largest absolute Gasteiger partial charge is 0.333 e. The maximum atomic E-state index is 12.0. The third-order valence-electron chi connectivity index (χ3n) is 3.07. The molecule has 1 atom stereocenters. The van der Waals surface area contributed by atoms with Crippen LogP contribution in [-0.2, 0) is 17.9 Å². The Labute approximate surface area is 108 Å². The van der Waals surface area contributed by atoms with E-state index in [0.29, 0.717) is 13.1 Å². The molecule has 94 valence electrons. The summed E-state index contributed by atoms with van der Waals surface area (Å²) >= 11 is 0. The average Bonchev–Trinajstić information content (AvgIpc) is 2.71. The van der Waals surface area contributed by atoms with Crippen LogP contribution in [0.1, 0.15) is 30.9 Å². The highest BCUT2D eigenvalue weighted by Crippen LogP contribution is 2.22. The lowest BCUT2D eigenvalue weighted by Gasteiger charge is -2.19. The molecule has 2 N–H and O–H groups in total. The number of carbonyl (C=O) groups excluding carboxylic acids is 1. The van der Waals surface area contributed by atoms with Gasteiger partial charge in [0.25, 0.3) is 0 Å². The second kappa shape index (κ2) is 6.03. The molecule has 1 unspecified atom stereocenters. The Bertz CT molecular complexity index is 370. The van der Waals surface area contributed by atoms with E-state index in [9.17, 15) is 4.79 Å². The molecule has 0 radical (unpaired) electrons. The van der Waals surface area contributed by atoms with Crippen LogP contribution in [-0.4, -0.2) is 16.8 Å². The van der Waals surface area contributed by atoms with Crippen molar-refractivity contribution in [1.29, 1.82) is 0 Å². The van der Waals surface area contributed by atoms with Crippen molar-refractivity contribution in [2.45, 2.75) is 38.9 Å². The quantitative estimate of drug-likeness (QED) is 0.898. The molecule has 1 heterocycles. The number of rotatable bonds is 3. The number of hydrogen-bond acceptors (Lipinski definition) is 2. The molecule has 4 heteroatoms. The number of amides is 1. The van der Waals surface area contributed by atoms with Crippen LogP contribution in [0.15, 0.2) is 24.3 Å². The molecule has 1 aliphatic rings. The number of fused-ring (bicyclic) bond motifs is 1. The molecular weight excluding hydrogens is 236 g/mol. The predicted octanol–water partition coefficient (Wildman–Crippen LogP) is 2.08. The topological polar surface area (TPSA) is 46.3 Å². The molecule has 0 aliphatic carbocycles. The molecular formula is C13H19ClN2O. The second-order valence-corrected chi connectivity index (χ2v) is 4.36. The summed E-state index contributed by atoms with van der Waals surface area (Å²) in [7, 11) is 0. The number of nitrogens with two attached hydrogens (primary N) is 1. The van der Waals surface area contributed by atoms with Gasteiger partial charge in [-0.05, 0) is 17.5 Å². The Kier molecular flexibility index (Phi) is 4.97. The third-order valence-corrected chi connectivity index (χ3v) is 3.07. The van der Waals surface area contributed by atoms with Crippen molar-refractivity contribution in [3.05, 3.63) is 35.4 Å². The van der Waals surface area contributed by atoms with E-state index in [2.05, 4.69) is 12.1 Å². The average molecular weight is 255 g/mol. The van der Waals surface area contributed by atoms with Crippen LogP contribution in [0.25, 0.3) is 0 Å². The van der Waals surface area contributed by atoms with Crippen molar-refractivity contribution < 1.29 is 4.79 Å². The summed E-state index contributed by atoms with van der Waals surface area (Å²) in [6.07, 6.45) is 1.72. The minimum absolute atomic E-state index is 0. The first-order chi connectivity index (χ1) is 7.72. The Balaban J connectivity index is 0.00000144. The van der Waals surface area contributed by atoms with E-state index in [4.69, 9.17) is 5.73 Å². The molecule has 1 aliphatic heterocycles. The van der Waals surface area contributed by atoms with Gasteiger partial charge < -0.3 is 10.6 Å². The van der Waals surface area contributed by atoms with E-state index in [-0.39, 0.29) is 24.4 Å². The molecule has 3 nitrogen and oxygen atoms in total. The zero-order chi connectivity index (χ0) is 11.5. The van der Waals surface area contributed by atoms with Crippen LogP contribution in [0.2, 0.25) is 0 Å². The molecule has 1 amide bonds. The summed E-state index contributed by atoms with van der Waals surface area (Å²) in [5, 5.41) is 0. The number of benzene rings is 1. The van der Waals surface area contributed by atoms with Gasteiger partial charge in [0.2, 0.25) is 5.91 Å². The molecule has 1 aromatic carbocycles. The van der Waals surface area contributed by atoms with Crippen molar-refractivity contribution in [2.75, 3.05) is 0 Å². The van der Waals surface area contributed by atoms with Crippen LogP contribution in [0.4, 0.5) is 0 Å². The fourth-order valence-corrected chi connectivity index (χ4v) is 2.16. The first kappa shape index (κ1) is 14.0. The lowest BCUT2D eigenvalue weighted by Crippen LogP contribution is -2.41. The Morgan fingerprint density at radius 1 is 1.35 bits per heavy atom. The lowest BCUT2D eigenvalue weighted by molar-refractivity contribution is -0.133. The molecule has 0 bridgehead atoms. The van der Waals surface area contributed by atoms with Gasteiger partial charge in [0.1, 0.15) is 0 Å². The number of hydrogen-bond donors (Lipinski definition) is 1. The van der Waals surface area contributed by atoms with E-state index >= 15 is 0 Å². The highest BCUT2D eigenvalue weighted by molar-refractivity contribution is 5.85. The monoisotopic (exact) mass is 254 g/mol. The predicted molar refractivity (Wildman–Crippen MR) is 70.8 cm³/mol. The van der Waals surface area contributed by atoms with Crippen LogP contribution in [0.3, 0.4) is 0 Å². The number of nitrogens with zero attached hydrogens (tertiary/aromatic N) is 1. The van der Waals surface area contributed by atoms with Gasteiger partial charge >= 0.3 is 0 Å². The maximum Gasteiger partial charge on any atom is 0.240 e. The first-order valence-corrected chi connectivity index (χ1v) is 5.83. The standard InChI is InChI=1S/C13H18N2O.ClH/c1-2-5-12(14)13(16)15-8-10-6-3-4-7-11(10)9-15;/h3-4,6-7,12H,2,5,8-9,14H2,1H3;1H. The smallest absolute Gasteiger partial charge is 0.240 e. The van der Waals surface area contributed by atoms with Crippen molar-refractivity contribution in [3.63, 3.8) is 0 Å². The molecule has 2 rings (SSSR count). The van der Waals surface area contributed by atoms with Gasteiger partial charge in [0, 0.05) is 13.1 Å². The zero-order valence-electron chi connectivity index (χ0n) is 10.1. The molecule has 17 heavy (non-hydrogen) atoms. The summed E-state index contributed by atoms with van der Waals surface area (Å²) in [4.78, 5) is 13.9. The highest BCUT2D eigenvalue weighted by Gasteiger charge is 2.26. The molecule has 0 saturated carbocycles. The molecule has 0 saturated heterocycles. The summed E-state index contributed by atoms with van der Waals surface area (Å²) in [5.74, 6) is 0.0815. The van der Waals surface area contributed by atoms with Crippen molar-refractivity contribution in [2.24, 2.45) is 5.73 Å². The van der Waals surface area contributed by atoms with E-state index < -0.39 is 0 Å². The molecule has 0 aromatic heterocycles. The van der Waals surface area contributed by atoms with E-state index in [1.165, 1.54) is 11.1 Å². The summed E-state index contributed by atoms with van der Waals surface area (Å²) in [5.41, 5.74) is 8.35. The Morgan fingerprint density at radius 2 is 1.88 bits per heavy atom. The van der Waals surface area contributed by atoms with Crippen molar-refractivity contribution >= 4 is 18.3 Å². The van der Waals surface area contributed by atoms with Gasteiger partial charge in [-0.1, -0.05) is 37.6 Å². The number of halogens is 1. The minimum atomic E-state index is -0.334. The lowest BCUT2D eigenvalue weighted by atomic mass is 10.1. The second-order valence-electron chi connectivity index (χ2n) is 4.36. The molecule has 1 aromatic rings. The number of carbonyl (C=O) groups is 1. The van der Waals surface area contributed by atoms with Crippen molar-refractivity contribution in [1.82, 2.24) is 4.90 Å². The normalized spacial score (nSPS) is 15.1. The van der Waals surface area contributed by atoms with Gasteiger partial charge in [-0.15, -0.1) is 12.4 Å². The first-order valence-electron chi connectivity index (χ1n) is 5.83. The fourth-order valence-electron chi connectivity index (χ4n) is 2.16. The van der Waals surface area contributed by atoms with Gasteiger partial charge in [-0.3, -0.25) is 4.79 Å². The molecule has 0 fully saturated rings. The van der Waals surface area contributed by atoms with Gasteiger partial charge in [-0.2, -0.15) is 0 Å². The SMILES string of the molecule is CCCC(N)C(=O)N1Cc2ccccc2C1.Cl. The maximum absolute atomic E-state index is 12.0. The van der Waals surface area contributed by atoms with E-state index in [0.717, 1.165) is 12.8 Å². The zero-order valence-corrected chi connectivity index (χ0v) is 10.9. The fraction of sp³-hybridized carbons (Fsp3) is 0.462. The summed E-state index contributed by atoms with van der Waals surface area (Å²) in [6.45, 7) is 3.48. The third kappa shape index (κ3) is 2.99. The van der Waals surface area contributed by atoms with Gasteiger partial charge in [0.05, 0.1) is 6.04 Å². The van der Waals surface area contributed by atoms with Crippen LogP contribution in [0.5, 0.6) is 0 Å². The summed E-state index contributed by atoms with van der Waals surface area (Å²) < 4.78 is 0. The van der Waals surface area contributed by atoms with Crippen LogP contribution in [0, 0.1) is 0 Å². The highest BCUT2D eigenvalue weighted by atomic mass is 35.5. The van der Waals surface area contributed by atoms with Crippen LogP contribution >= 0.6 is 12.4 Å². The molecule has 0 spiro atoms. The Morgan fingerprint density at radius 3 is 2.35 bits per heavy atom.